The molecule has 16 nitrogen and oxygen atoms in total. The van der Waals surface area contributed by atoms with Gasteiger partial charge in [0.15, 0.2) is 0 Å². The van der Waals surface area contributed by atoms with Crippen LogP contribution in [0.3, 0.4) is 0 Å². The monoisotopic (exact) mass is 568 g/mol. The maximum absolute atomic E-state index is 13.2. The summed E-state index contributed by atoms with van der Waals surface area (Å²) in [5, 5.41) is 0. The van der Waals surface area contributed by atoms with Gasteiger partial charge in [0.25, 0.3) is 0 Å². The molecule has 4 fully saturated rings. The molecule has 4 heterocycles. The van der Waals surface area contributed by atoms with E-state index in [0.717, 1.165) is 0 Å². The molecular weight excluding hydrogens is 544 g/mol. The van der Waals surface area contributed by atoms with Crippen LogP contribution in [-0.4, -0.2) is 99.6 Å². The molecule has 2 amide bonds. The van der Waals surface area contributed by atoms with E-state index in [-0.39, 0.29) is 52.9 Å². The molecule has 4 saturated heterocycles. The average Bonchev–Trinajstić information content (AvgIpc) is 3.57. The predicted octanol–water partition coefficient (Wildman–Crippen LogP) is 1.43. The molecule has 0 bridgehead atoms. The van der Waals surface area contributed by atoms with Gasteiger partial charge in [0.2, 0.25) is 0 Å². The molecule has 0 unspecified atom stereocenters. The first-order chi connectivity index (χ1) is 16.0. The highest BCUT2D eigenvalue weighted by Gasteiger charge is 2.46. The van der Waals surface area contributed by atoms with E-state index in [1.807, 2.05) is 0 Å². The molecule has 4 aliphatic heterocycles. The van der Waals surface area contributed by atoms with Crippen LogP contribution in [0.15, 0.2) is 0 Å². The summed E-state index contributed by atoms with van der Waals surface area (Å²) < 4.78 is 91.7. The summed E-state index contributed by atoms with van der Waals surface area (Å²) in [6.45, 7) is -0.00191. The maximum atomic E-state index is 13.2. The Bertz CT molecular complexity index is 823. The zero-order chi connectivity index (χ0) is 24.5. The van der Waals surface area contributed by atoms with E-state index in [2.05, 4.69) is 0 Å². The van der Waals surface area contributed by atoms with Crippen molar-refractivity contribution < 1.29 is 64.0 Å². The van der Waals surface area contributed by atoms with Crippen LogP contribution in [0.1, 0.15) is 0 Å². The normalized spacial score (nSPS) is 26.5. The summed E-state index contributed by atoms with van der Waals surface area (Å²) in [5.74, 6) is -2.67. The molecule has 20 heteroatoms. The summed E-state index contributed by atoms with van der Waals surface area (Å²) >= 11 is 0. The molecule has 0 saturated carbocycles. The number of hydrogen-bond acceptors (Lipinski definition) is 14. The van der Waals surface area contributed by atoms with Crippen LogP contribution < -0.4 is 0 Å². The molecule has 0 spiro atoms. The molecule has 0 aromatic heterocycles. The van der Waals surface area contributed by atoms with Crippen molar-refractivity contribution >= 4 is 42.2 Å². The molecule has 194 valence electrons. The first-order valence-corrected chi connectivity index (χ1v) is 17.0. The highest BCUT2D eigenvalue weighted by Crippen LogP contribution is 2.58. The minimum Gasteiger partial charge on any atom is -0.310 e. The standard InChI is InChI=1S/C14H24N2O14P4/c17-13(15(9-31(19)23-1-2-24-31)10-32(20)25-3-4-26-32)14(18)16(11-33(21)27-5-6-28-33)12-34(22)29-7-8-30-34/h1-12H2. The van der Waals surface area contributed by atoms with Crippen LogP contribution in [-0.2, 0) is 64.0 Å². The number of amides is 2. The number of hydrogen-bond donors (Lipinski definition) is 0. The Morgan fingerprint density at radius 2 is 0.618 bits per heavy atom. The average molecular weight is 568 g/mol. The summed E-state index contributed by atoms with van der Waals surface area (Å²) in [7, 11) is -15.3. The molecule has 0 radical (unpaired) electrons. The number of carbonyl (C=O) groups excluding carboxylic acids is 2. The molecule has 0 atom stereocenters. The fourth-order valence-corrected chi connectivity index (χ4v) is 10.0. The molecule has 0 aliphatic carbocycles. The van der Waals surface area contributed by atoms with E-state index in [0.29, 0.717) is 9.80 Å². The van der Waals surface area contributed by atoms with E-state index >= 15 is 0 Å². The highest BCUT2D eigenvalue weighted by molar-refractivity contribution is 7.55. The van der Waals surface area contributed by atoms with Crippen LogP contribution >= 0.6 is 30.4 Å². The summed E-state index contributed by atoms with van der Waals surface area (Å²) in [6, 6.07) is 0. The third-order valence-electron chi connectivity index (χ3n) is 4.77. The highest BCUT2D eigenvalue weighted by atomic mass is 31.2. The van der Waals surface area contributed by atoms with Crippen LogP contribution in [0.2, 0.25) is 0 Å². The predicted molar refractivity (Wildman–Crippen MR) is 111 cm³/mol. The van der Waals surface area contributed by atoms with Gasteiger partial charge in [-0.2, -0.15) is 0 Å². The molecule has 0 aromatic carbocycles. The van der Waals surface area contributed by atoms with Crippen molar-refractivity contribution in [3.63, 3.8) is 0 Å². The topological polar surface area (TPSA) is 183 Å². The number of carbonyl (C=O) groups is 2. The van der Waals surface area contributed by atoms with Gasteiger partial charge in [0, 0.05) is 0 Å². The van der Waals surface area contributed by atoms with Gasteiger partial charge in [-0.05, 0) is 0 Å². The Morgan fingerprint density at radius 1 is 0.441 bits per heavy atom. The van der Waals surface area contributed by atoms with Gasteiger partial charge < -0.3 is 46.0 Å². The van der Waals surface area contributed by atoms with Crippen LogP contribution in [0.4, 0.5) is 0 Å². The van der Waals surface area contributed by atoms with E-state index in [9.17, 15) is 27.8 Å². The Morgan fingerprint density at radius 3 is 0.794 bits per heavy atom. The number of rotatable bonds is 8. The van der Waals surface area contributed by atoms with Gasteiger partial charge in [-0.3, -0.25) is 27.8 Å². The van der Waals surface area contributed by atoms with E-state index in [1.54, 1.807) is 0 Å². The van der Waals surface area contributed by atoms with Crippen molar-refractivity contribution in [2.45, 2.75) is 0 Å². The fraction of sp³-hybridized carbons (Fsp3) is 0.857. The minimum absolute atomic E-state index is 0.000239. The van der Waals surface area contributed by atoms with Crippen molar-refractivity contribution in [3.05, 3.63) is 0 Å². The molecular formula is C14H24N2O14P4. The van der Waals surface area contributed by atoms with Gasteiger partial charge in [-0.25, -0.2) is 0 Å². The van der Waals surface area contributed by atoms with Gasteiger partial charge in [-0.15, -0.1) is 0 Å². The molecule has 4 aliphatic rings. The lowest BCUT2D eigenvalue weighted by atomic mass is 10.5. The van der Waals surface area contributed by atoms with E-state index in [4.69, 9.17) is 36.2 Å². The fourth-order valence-electron chi connectivity index (χ4n) is 3.34. The Balaban J connectivity index is 1.57. The largest absolute Gasteiger partial charge is 0.350 e. The minimum atomic E-state index is -3.83. The van der Waals surface area contributed by atoms with Gasteiger partial charge in [-0.1, -0.05) is 0 Å². The summed E-state index contributed by atoms with van der Waals surface area (Å²) in [4.78, 5) is 27.8. The van der Waals surface area contributed by atoms with Gasteiger partial charge in [0.05, 0.1) is 52.9 Å². The second-order valence-corrected chi connectivity index (χ2v) is 15.4. The lowest BCUT2D eigenvalue weighted by Gasteiger charge is -2.29. The lowest BCUT2D eigenvalue weighted by molar-refractivity contribution is -0.150. The van der Waals surface area contributed by atoms with Gasteiger partial charge >= 0.3 is 42.2 Å². The van der Waals surface area contributed by atoms with E-state index < -0.39 is 67.3 Å². The lowest BCUT2D eigenvalue weighted by Crippen LogP contribution is -2.46. The summed E-state index contributed by atoms with van der Waals surface area (Å²) in [5.41, 5.74) is 0. The number of nitrogens with zero attached hydrogens (tertiary/aromatic N) is 2. The van der Waals surface area contributed by atoms with Crippen molar-refractivity contribution in [1.29, 1.82) is 0 Å². The molecule has 34 heavy (non-hydrogen) atoms. The summed E-state index contributed by atoms with van der Waals surface area (Å²) in [6.07, 6.45) is -2.90. The van der Waals surface area contributed by atoms with Gasteiger partial charge in [0.1, 0.15) is 25.1 Å². The smallest absolute Gasteiger partial charge is 0.310 e. The second kappa shape index (κ2) is 10.5. The first-order valence-electron chi connectivity index (χ1n) is 10.1. The molecule has 4 rings (SSSR count). The zero-order valence-electron chi connectivity index (χ0n) is 17.9. The zero-order valence-corrected chi connectivity index (χ0v) is 21.5. The van der Waals surface area contributed by atoms with Crippen LogP contribution in [0.5, 0.6) is 0 Å². The Labute approximate surface area is 194 Å². The van der Waals surface area contributed by atoms with E-state index in [1.165, 1.54) is 0 Å². The quantitative estimate of drug-likeness (QED) is 0.303. The maximum Gasteiger partial charge on any atom is 0.350 e. The molecule has 0 aromatic rings. The second-order valence-electron chi connectivity index (χ2n) is 7.37. The Kier molecular flexibility index (Phi) is 8.21. The third-order valence-corrected chi connectivity index (χ3v) is 12.1. The molecule has 0 N–H and O–H groups in total. The SMILES string of the molecule is O=C(C(=O)N(CP1(=O)OCCO1)CP1(=O)OCCO1)N(CP1(=O)OCCO1)CP1(=O)OCCO1. The Hall–Kier alpha value is -0.460. The third kappa shape index (κ3) is 6.45. The van der Waals surface area contributed by atoms with Crippen molar-refractivity contribution in [2.24, 2.45) is 0 Å². The van der Waals surface area contributed by atoms with Crippen LogP contribution in [0, 0.1) is 0 Å². The van der Waals surface area contributed by atoms with Crippen molar-refractivity contribution in [2.75, 3.05) is 78.0 Å². The first kappa shape index (κ1) is 26.6. The van der Waals surface area contributed by atoms with Crippen molar-refractivity contribution in [1.82, 2.24) is 9.80 Å². The van der Waals surface area contributed by atoms with Crippen LogP contribution in [0.25, 0.3) is 0 Å². The van der Waals surface area contributed by atoms with Crippen molar-refractivity contribution in [3.8, 4) is 0 Å².